The van der Waals surface area contributed by atoms with Crippen LogP contribution in [0.3, 0.4) is 0 Å². The predicted molar refractivity (Wildman–Crippen MR) is 77.8 cm³/mol. The van der Waals surface area contributed by atoms with Crippen molar-refractivity contribution in [2.24, 2.45) is 0 Å². The summed E-state index contributed by atoms with van der Waals surface area (Å²) in [5.41, 5.74) is 3.89. The van der Waals surface area contributed by atoms with Gasteiger partial charge in [0.25, 0.3) is 0 Å². The number of nitrogens with one attached hydrogen (secondary N) is 1. The van der Waals surface area contributed by atoms with Crippen LogP contribution in [0, 0.1) is 18.8 Å². The molecule has 2 aromatic rings. The number of halogens is 1. The van der Waals surface area contributed by atoms with Crippen LogP contribution in [-0.2, 0) is 6.67 Å². The van der Waals surface area contributed by atoms with Crippen molar-refractivity contribution in [3.63, 3.8) is 0 Å². The monoisotopic (exact) mass is 253 g/mol. The van der Waals surface area contributed by atoms with Crippen molar-refractivity contribution in [1.82, 2.24) is 0 Å². The van der Waals surface area contributed by atoms with Gasteiger partial charge < -0.3 is 5.32 Å². The van der Waals surface area contributed by atoms with Crippen LogP contribution in [-0.4, -0.2) is 6.54 Å². The SMILES string of the molecule is Cc1ccc(C#CCNc2ccc(CF)cc2)cc1. The van der Waals surface area contributed by atoms with E-state index in [9.17, 15) is 4.39 Å². The van der Waals surface area contributed by atoms with Gasteiger partial charge in [-0.1, -0.05) is 41.7 Å². The van der Waals surface area contributed by atoms with E-state index in [2.05, 4.69) is 24.1 Å². The van der Waals surface area contributed by atoms with E-state index in [0.717, 1.165) is 11.3 Å². The molecule has 0 heterocycles. The van der Waals surface area contributed by atoms with Crippen molar-refractivity contribution in [3.8, 4) is 11.8 Å². The van der Waals surface area contributed by atoms with Crippen LogP contribution in [0.1, 0.15) is 16.7 Å². The molecule has 0 saturated carbocycles. The van der Waals surface area contributed by atoms with Gasteiger partial charge in [-0.15, -0.1) is 0 Å². The first kappa shape index (κ1) is 13.2. The van der Waals surface area contributed by atoms with Gasteiger partial charge in [-0.05, 0) is 36.8 Å². The molecule has 1 nitrogen and oxygen atoms in total. The van der Waals surface area contributed by atoms with Crippen LogP contribution in [0.25, 0.3) is 0 Å². The van der Waals surface area contributed by atoms with E-state index in [-0.39, 0.29) is 0 Å². The maximum Gasteiger partial charge on any atom is 0.115 e. The van der Waals surface area contributed by atoms with Crippen molar-refractivity contribution in [2.75, 3.05) is 11.9 Å². The summed E-state index contributed by atoms with van der Waals surface area (Å²) in [5.74, 6) is 6.16. The lowest BCUT2D eigenvalue weighted by Gasteiger charge is -2.02. The Morgan fingerprint density at radius 3 is 2.32 bits per heavy atom. The van der Waals surface area contributed by atoms with Crippen molar-refractivity contribution in [3.05, 3.63) is 65.2 Å². The second kappa shape index (κ2) is 6.61. The van der Waals surface area contributed by atoms with E-state index in [0.29, 0.717) is 12.1 Å². The van der Waals surface area contributed by atoms with Crippen molar-refractivity contribution in [1.29, 1.82) is 0 Å². The van der Waals surface area contributed by atoms with Gasteiger partial charge in [0.1, 0.15) is 6.67 Å². The smallest absolute Gasteiger partial charge is 0.115 e. The highest BCUT2D eigenvalue weighted by Gasteiger charge is 1.92. The van der Waals surface area contributed by atoms with Crippen molar-refractivity contribution in [2.45, 2.75) is 13.6 Å². The molecular weight excluding hydrogens is 237 g/mol. The number of alkyl halides is 1. The van der Waals surface area contributed by atoms with E-state index in [1.807, 2.05) is 36.4 Å². The number of benzene rings is 2. The first-order valence-electron chi connectivity index (χ1n) is 6.22. The second-order valence-corrected chi connectivity index (χ2v) is 4.35. The van der Waals surface area contributed by atoms with Gasteiger partial charge in [0.2, 0.25) is 0 Å². The Labute approximate surface area is 113 Å². The van der Waals surface area contributed by atoms with Gasteiger partial charge in [-0.3, -0.25) is 0 Å². The van der Waals surface area contributed by atoms with Crippen LogP contribution in [0.2, 0.25) is 0 Å². The van der Waals surface area contributed by atoms with Crippen LogP contribution >= 0.6 is 0 Å². The fourth-order valence-electron chi connectivity index (χ4n) is 1.64. The van der Waals surface area contributed by atoms with E-state index in [1.54, 1.807) is 12.1 Å². The molecule has 2 aromatic carbocycles. The summed E-state index contributed by atoms with van der Waals surface area (Å²) in [6.07, 6.45) is 0. The van der Waals surface area contributed by atoms with Gasteiger partial charge in [0, 0.05) is 11.3 Å². The standard InChI is InChI=1S/C17H16FN/c1-14-4-6-15(7-5-14)3-2-12-19-17-10-8-16(13-18)9-11-17/h4-11,19H,12-13H2,1H3. The molecule has 0 radical (unpaired) electrons. The maximum absolute atomic E-state index is 12.3. The fourth-order valence-corrected chi connectivity index (χ4v) is 1.64. The van der Waals surface area contributed by atoms with Gasteiger partial charge in [0.05, 0.1) is 6.54 Å². The Kier molecular flexibility index (Phi) is 4.58. The topological polar surface area (TPSA) is 12.0 Å². The Morgan fingerprint density at radius 2 is 1.68 bits per heavy atom. The minimum atomic E-state index is -0.423. The second-order valence-electron chi connectivity index (χ2n) is 4.35. The summed E-state index contributed by atoms with van der Waals surface area (Å²) in [6, 6.07) is 15.4. The summed E-state index contributed by atoms with van der Waals surface area (Å²) in [7, 11) is 0. The molecule has 0 fully saturated rings. The predicted octanol–water partition coefficient (Wildman–Crippen LogP) is 3.93. The molecule has 96 valence electrons. The fraction of sp³-hybridized carbons (Fsp3) is 0.176. The molecule has 2 rings (SSSR count). The first-order chi connectivity index (χ1) is 9.28. The number of anilines is 1. The van der Waals surface area contributed by atoms with Crippen LogP contribution < -0.4 is 5.32 Å². The van der Waals surface area contributed by atoms with E-state index >= 15 is 0 Å². The normalized spacial score (nSPS) is 9.58. The third-order valence-corrected chi connectivity index (χ3v) is 2.77. The molecule has 0 aliphatic rings. The number of aryl methyl sites for hydroxylation is 1. The maximum atomic E-state index is 12.3. The third-order valence-electron chi connectivity index (χ3n) is 2.77. The minimum absolute atomic E-state index is 0.423. The summed E-state index contributed by atoms with van der Waals surface area (Å²) in [5, 5.41) is 3.18. The quantitative estimate of drug-likeness (QED) is 0.817. The Bertz CT molecular complexity index is 573. The molecule has 0 spiro atoms. The van der Waals surface area contributed by atoms with Crippen molar-refractivity contribution < 1.29 is 4.39 Å². The lowest BCUT2D eigenvalue weighted by atomic mass is 10.1. The molecule has 0 aromatic heterocycles. The number of rotatable bonds is 3. The zero-order chi connectivity index (χ0) is 13.5. The average molecular weight is 253 g/mol. The molecule has 0 atom stereocenters. The third kappa shape index (κ3) is 4.15. The van der Waals surface area contributed by atoms with Crippen LogP contribution in [0.5, 0.6) is 0 Å². The molecule has 0 bridgehead atoms. The summed E-state index contributed by atoms with van der Waals surface area (Å²) in [6.45, 7) is 2.20. The molecule has 2 heteroatoms. The van der Waals surface area contributed by atoms with Gasteiger partial charge >= 0.3 is 0 Å². The number of hydrogen-bond acceptors (Lipinski definition) is 1. The highest BCUT2D eigenvalue weighted by Crippen LogP contribution is 2.09. The summed E-state index contributed by atoms with van der Waals surface area (Å²) >= 11 is 0. The lowest BCUT2D eigenvalue weighted by Crippen LogP contribution is -1.98. The Hall–Kier alpha value is -2.27. The summed E-state index contributed by atoms with van der Waals surface area (Å²) in [4.78, 5) is 0. The van der Waals surface area contributed by atoms with E-state index in [4.69, 9.17) is 0 Å². The first-order valence-corrected chi connectivity index (χ1v) is 6.22. The highest BCUT2D eigenvalue weighted by atomic mass is 19.1. The van der Waals surface area contributed by atoms with Gasteiger partial charge in [-0.2, -0.15) is 0 Å². The van der Waals surface area contributed by atoms with E-state index in [1.165, 1.54) is 5.56 Å². The molecule has 1 N–H and O–H groups in total. The largest absolute Gasteiger partial charge is 0.374 e. The lowest BCUT2D eigenvalue weighted by molar-refractivity contribution is 0.485. The zero-order valence-corrected chi connectivity index (χ0v) is 10.9. The van der Waals surface area contributed by atoms with E-state index < -0.39 is 6.67 Å². The molecular formula is C17H16FN. The molecule has 0 saturated heterocycles. The molecule has 0 unspecified atom stereocenters. The Balaban J connectivity index is 1.87. The molecule has 0 aliphatic carbocycles. The van der Waals surface area contributed by atoms with Gasteiger partial charge in [-0.25, -0.2) is 4.39 Å². The Morgan fingerprint density at radius 1 is 1.00 bits per heavy atom. The van der Waals surface area contributed by atoms with Crippen LogP contribution in [0.4, 0.5) is 10.1 Å². The van der Waals surface area contributed by atoms with Crippen molar-refractivity contribution >= 4 is 5.69 Å². The highest BCUT2D eigenvalue weighted by molar-refractivity contribution is 5.46. The average Bonchev–Trinajstić information content (AvgIpc) is 2.46. The number of hydrogen-bond donors (Lipinski definition) is 1. The van der Waals surface area contributed by atoms with Gasteiger partial charge in [0.15, 0.2) is 0 Å². The molecule has 19 heavy (non-hydrogen) atoms. The molecule has 0 aliphatic heterocycles. The van der Waals surface area contributed by atoms with Crippen LogP contribution in [0.15, 0.2) is 48.5 Å². The minimum Gasteiger partial charge on any atom is -0.374 e. The summed E-state index contributed by atoms with van der Waals surface area (Å²) < 4.78 is 12.3. The molecule has 0 amide bonds. The zero-order valence-electron chi connectivity index (χ0n) is 10.9.